The molecule has 176 valence electrons. The first-order valence-electron chi connectivity index (χ1n) is 11.4. The van der Waals surface area contributed by atoms with Crippen LogP contribution in [0.1, 0.15) is 29.9 Å². The summed E-state index contributed by atoms with van der Waals surface area (Å²) in [4.78, 5) is 19.3. The number of carbonyl (C=O) groups is 1. The summed E-state index contributed by atoms with van der Waals surface area (Å²) in [6.45, 7) is 0.410. The predicted molar refractivity (Wildman–Crippen MR) is 138 cm³/mol. The van der Waals surface area contributed by atoms with Crippen molar-refractivity contribution in [2.75, 3.05) is 11.9 Å². The van der Waals surface area contributed by atoms with E-state index < -0.39 is 0 Å². The Morgan fingerprint density at radius 1 is 1.00 bits per heavy atom. The molecule has 2 N–H and O–H groups in total. The van der Waals surface area contributed by atoms with Gasteiger partial charge in [-0.15, -0.1) is 0 Å². The first kappa shape index (κ1) is 22.7. The summed E-state index contributed by atoms with van der Waals surface area (Å²) in [5.41, 5.74) is 3.51. The molecule has 0 bridgehead atoms. The number of benzene rings is 2. The standard InChI is InChI=1S/C27H24FN5OS/c28-19-11-13-20(14-12-19)30-24(34)15-18-33-26(25(31-27(33)35)22-9-4-5-16-29-22)23-10-6-17-32(23)21-7-2-1-3-8-21/h1-14,16-17,25-26H,15,18H2,(H,30,34)(H,31,35)/t25-,26+/m1/s1. The van der Waals surface area contributed by atoms with Crippen LogP contribution < -0.4 is 10.6 Å². The maximum absolute atomic E-state index is 13.2. The molecule has 2 aromatic heterocycles. The summed E-state index contributed by atoms with van der Waals surface area (Å²) < 4.78 is 15.3. The van der Waals surface area contributed by atoms with Gasteiger partial charge >= 0.3 is 0 Å². The second-order valence-electron chi connectivity index (χ2n) is 8.26. The second kappa shape index (κ2) is 10.1. The number of amides is 1. The van der Waals surface area contributed by atoms with Gasteiger partial charge < -0.3 is 20.1 Å². The number of aromatic nitrogens is 2. The minimum atomic E-state index is -0.346. The van der Waals surface area contributed by atoms with Crippen molar-refractivity contribution >= 4 is 28.9 Å². The summed E-state index contributed by atoms with van der Waals surface area (Å²) in [5.74, 6) is -0.515. The number of hydrogen-bond donors (Lipinski definition) is 2. The highest BCUT2D eigenvalue weighted by Crippen LogP contribution is 2.39. The van der Waals surface area contributed by atoms with Crippen LogP contribution in [-0.4, -0.2) is 32.0 Å². The smallest absolute Gasteiger partial charge is 0.226 e. The van der Waals surface area contributed by atoms with Crippen molar-refractivity contribution < 1.29 is 9.18 Å². The monoisotopic (exact) mass is 485 g/mol. The third-order valence-corrected chi connectivity index (χ3v) is 6.38. The highest BCUT2D eigenvalue weighted by Gasteiger charge is 2.41. The van der Waals surface area contributed by atoms with Gasteiger partial charge in [0.05, 0.1) is 17.8 Å². The minimum Gasteiger partial charge on any atom is -0.352 e. The Morgan fingerprint density at radius 3 is 2.51 bits per heavy atom. The van der Waals surface area contributed by atoms with Crippen LogP contribution in [0.3, 0.4) is 0 Å². The molecule has 6 nitrogen and oxygen atoms in total. The van der Waals surface area contributed by atoms with Crippen molar-refractivity contribution in [1.29, 1.82) is 0 Å². The number of hydrogen-bond acceptors (Lipinski definition) is 3. The highest BCUT2D eigenvalue weighted by molar-refractivity contribution is 7.80. The number of thiocarbonyl (C=S) groups is 1. The average Bonchev–Trinajstić information content (AvgIpc) is 3.49. The molecule has 1 aliphatic heterocycles. The normalized spacial score (nSPS) is 17.3. The first-order valence-corrected chi connectivity index (χ1v) is 11.8. The van der Waals surface area contributed by atoms with Gasteiger partial charge in [0, 0.05) is 42.4 Å². The number of rotatable bonds is 7. The Morgan fingerprint density at radius 2 is 1.77 bits per heavy atom. The number of carbonyl (C=O) groups excluding carboxylic acids is 1. The molecule has 0 unspecified atom stereocenters. The highest BCUT2D eigenvalue weighted by atomic mass is 32.1. The Bertz CT molecular complexity index is 1310. The fourth-order valence-electron chi connectivity index (χ4n) is 4.41. The summed E-state index contributed by atoms with van der Waals surface area (Å²) in [6, 6.07) is 25.4. The lowest BCUT2D eigenvalue weighted by atomic mass is 10.0. The summed E-state index contributed by atoms with van der Waals surface area (Å²) >= 11 is 5.73. The van der Waals surface area contributed by atoms with Crippen LogP contribution in [0.15, 0.2) is 97.3 Å². The van der Waals surface area contributed by atoms with Crippen LogP contribution in [0, 0.1) is 5.82 Å². The fourth-order valence-corrected chi connectivity index (χ4v) is 4.74. The van der Waals surface area contributed by atoms with E-state index in [2.05, 4.69) is 38.4 Å². The van der Waals surface area contributed by atoms with Gasteiger partial charge in [0.2, 0.25) is 5.91 Å². The Labute approximate surface area is 208 Å². The lowest BCUT2D eigenvalue weighted by Crippen LogP contribution is -2.33. The zero-order valence-corrected chi connectivity index (χ0v) is 19.7. The van der Waals surface area contributed by atoms with Crippen molar-refractivity contribution in [3.63, 3.8) is 0 Å². The van der Waals surface area contributed by atoms with E-state index in [0.29, 0.717) is 17.3 Å². The van der Waals surface area contributed by atoms with Crippen molar-refractivity contribution in [2.45, 2.75) is 18.5 Å². The number of para-hydroxylation sites is 1. The van der Waals surface area contributed by atoms with Crippen LogP contribution in [0.5, 0.6) is 0 Å². The zero-order valence-electron chi connectivity index (χ0n) is 18.8. The van der Waals surface area contributed by atoms with E-state index in [-0.39, 0.29) is 30.2 Å². The van der Waals surface area contributed by atoms with Gasteiger partial charge in [0.1, 0.15) is 5.82 Å². The number of nitrogens with one attached hydrogen (secondary N) is 2. The van der Waals surface area contributed by atoms with E-state index in [9.17, 15) is 9.18 Å². The number of anilines is 1. The van der Waals surface area contributed by atoms with E-state index in [0.717, 1.165) is 17.1 Å². The largest absolute Gasteiger partial charge is 0.352 e. The van der Waals surface area contributed by atoms with Crippen LogP contribution >= 0.6 is 12.2 Å². The van der Waals surface area contributed by atoms with Crippen molar-refractivity contribution in [3.8, 4) is 5.69 Å². The lowest BCUT2D eigenvalue weighted by Gasteiger charge is -2.28. The molecule has 0 saturated carbocycles. The second-order valence-corrected chi connectivity index (χ2v) is 8.65. The number of halogens is 1. The molecular formula is C27H24FN5OS. The summed E-state index contributed by atoms with van der Waals surface area (Å²) in [5, 5.41) is 6.82. The Balaban J connectivity index is 1.42. The molecule has 35 heavy (non-hydrogen) atoms. The van der Waals surface area contributed by atoms with Gasteiger partial charge in [-0.05, 0) is 72.9 Å². The fraction of sp³-hybridized carbons (Fsp3) is 0.148. The third-order valence-electron chi connectivity index (χ3n) is 6.02. The number of nitrogens with zero attached hydrogens (tertiary/aromatic N) is 3. The van der Waals surface area contributed by atoms with Gasteiger partial charge in [0.15, 0.2) is 5.11 Å². The molecule has 0 aliphatic carbocycles. The van der Waals surface area contributed by atoms with Gasteiger partial charge in [-0.2, -0.15) is 0 Å². The number of pyridine rings is 1. The molecule has 0 radical (unpaired) electrons. The van der Waals surface area contributed by atoms with E-state index in [1.54, 1.807) is 18.3 Å². The molecule has 2 aromatic carbocycles. The summed E-state index contributed by atoms with van der Waals surface area (Å²) in [7, 11) is 0. The lowest BCUT2D eigenvalue weighted by molar-refractivity contribution is -0.116. The SMILES string of the molecule is O=C(CCN1C(=S)N[C@H](c2ccccn2)[C@@H]1c1cccn1-c1ccccc1)Nc1ccc(F)cc1. The van der Waals surface area contributed by atoms with Crippen molar-refractivity contribution in [2.24, 2.45) is 0 Å². The molecule has 0 spiro atoms. The van der Waals surface area contributed by atoms with Gasteiger partial charge in [-0.25, -0.2) is 4.39 Å². The van der Waals surface area contributed by atoms with Gasteiger partial charge in [0.25, 0.3) is 0 Å². The molecule has 2 atom stereocenters. The molecule has 5 rings (SSSR count). The molecule has 1 amide bonds. The molecule has 8 heteroatoms. The maximum Gasteiger partial charge on any atom is 0.226 e. The van der Waals surface area contributed by atoms with E-state index >= 15 is 0 Å². The third kappa shape index (κ3) is 4.93. The van der Waals surface area contributed by atoms with Crippen LogP contribution in [0.2, 0.25) is 0 Å². The average molecular weight is 486 g/mol. The van der Waals surface area contributed by atoms with Gasteiger partial charge in [-0.1, -0.05) is 24.3 Å². The van der Waals surface area contributed by atoms with Crippen LogP contribution in [0.4, 0.5) is 10.1 Å². The minimum absolute atomic E-state index is 0.169. The quantitative estimate of drug-likeness (QED) is 0.360. The maximum atomic E-state index is 13.2. The molecule has 1 aliphatic rings. The predicted octanol–water partition coefficient (Wildman–Crippen LogP) is 5.01. The summed E-state index contributed by atoms with van der Waals surface area (Å²) in [6.07, 6.45) is 4.02. The molecule has 1 saturated heterocycles. The first-order chi connectivity index (χ1) is 17.1. The Hall–Kier alpha value is -4.04. The van der Waals surface area contributed by atoms with Crippen LogP contribution in [0.25, 0.3) is 5.69 Å². The van der Waals surface area contributed by atoms with E-state index in [1.807, 2.05) is 53.6 Å². The Kier molecular flexibility index (Phi) is 6.54. The van der Waals surface area contributed by atoms with E-state index in [1.165, 1.54) is 12.1 Å². The molecular weight excluding hydrogens is 461 g/mol. The van der Waals surface area contributed by atoms with Crippen molar-refractivity contribution in [3.05, 3.63) is 115 Å². The van der Waals surface area contributed by atoms with Gasteiger partial charge in [-0.3, -0.25) is 9.78 Å². The molecule has 4 aromatic rings. The topological polar surface area (TPSA) is 62.2 Å². The van der Waals surface area contributed by atoms with E-state index in [4.69, 9.17) is 12.2 Å². The molecule has 1 fully saturated rings. The van der Waals surface area contributed by atoms with Crippen LogP contribution in [-0.2, 0) is 4.79 Å². The molecule has 3 heterocycles. The van der Waals surface area contributed by atoms with Crippen molar-refractivity contribution in [1.82, 2.24) is 19.8 Å². The zero-order chi connectivity index (χ0) is 24.2.